The summed E-state index contributed by atoms with van der Waals surface area (Å²) in [7, 11) is 0. The Bertz CT molecular complexity index is 847. The number of H-pyrrole nitrogens is 1. The van der Waals surface area contributed by atoms with Crippen LogP contribution in [-0.4, -0.2) is 46.9 Å². The highest BCUT2D eigenvalue weighted by Gasteiger charge is 2.28. The number of aromatic nitrogens is 1. The number of rotatable bonds is 4. The van der Waals surface area contributed by atoms with Crippen molar-refractivity contribution in [3.63, 3.8) is 0 Å². The molecule has 5 heteroatoms. The van der Waals surface area contributed by atoms with Crippen molar-refractivity contribution in [2.45, 2.75) is 6.04 Å². The third-order valence-corrected chi connectivity index (χ3v) is 5.29. The molecule has 0 spiro atoms. The molecule has 0 bridgehead atoms. The van der Waals surface area contributed by atoms with Gasteiger partial charge < -0.3 is 9.88 Å². The number of benzene rings is 2. The number of carbonyl (C=O) groups excluding carboxylic acids is 1. The molecule has 1 aromatic heterocycles. The minimum atomic E-state index is 0.0116. The monoisotopic (exact) mass is 379 g/mol. The summed E-state index contributed by atoms with van der Waals surface area (Å²) < 4.78 is 0. The summed E-state index contributed by atoms with van der Waals surface area (Å²) in [5, 5.41) is 0.560. The zero-order valence-corrected chi connectivity index (χ0v) is 15.8. The minimum Gasteiger partial charge on any atom is -0.356 e. The second-order valence-electron chi connectivity index (χ2n) is 6.78. The van der Waals surface area contributed by atoms with Crippen molar-refractivity contribution in [3.05, 3.63) is 94.8 Å². The summed E-state index contributed by atoms with van der Waals surface area (Å²) in [6, 6.07) is 23.0. The van der Waals surface area contributed by atoms with Crippen molar-refractivity contribution in [2.24, 2.45) is 0 Å². The predicted molar refractivity (Wildman–Crippen MR) is 108 cm³/mol. The average Bonchev–Trinajstić information content (AvgIpc) is 3.16. The zero-order chi connectivity index (χ0) is 18.6. The van der Waals surface area contributed by atoms with Crippen LogP contribution in [0, 0.1) is 0 Å². The molecule has 1 fully saturated rings. The van der Waals surface area contributed by atoms with E-state index in [4.69, 9.17) is 11.6 Å². The van der Waals surface area contributed by atoms with E-state index in [1.807, 2.05) is 17.0 Å². The molecule has 1 saturated heterocycles. The fourth-order valence-corrected chi connectivity index (χ4v) is 3.89. The number of piperazine rings is 1. The van der Waals surface area contributed by atoms with Crippen LogP contribution in [0.5, 0.6) is 0 Å². The number of hydrogen-bond acceptors (Lipinski definition) is 2. The maximum absolute atomic E-state index is 12.6. The molecule has 1 N–H and O–H groups in total. The number of nitrogens with one attached hydrogen (secondary N) is 1. The Labute approximate surface area is 164 Å². The molecule has 27 heavy (non-hydrogen) atoms. The molecule has 0 atom stereocenters. The van der Waals surface area contributed by atoms with Gasteiger partial charge in [0.15, 0.2) is 0 Å². The van der Waals surface area contributed by atoms with Crippen molar-refractivity contribution in [3.8, 4) is 0 Å². The molecule has 0 aliphatic carbocycles. The molecule has 0 saturated carbocycles. The first-order valence-electron chi connectivity index (χ1n) is 9.19. The van der Waals surface area contributed by atoms with Crippen LogP contribution in [0.4, 0.5) is 0 Å². The lowest BCUT2D eigenvalue weighted by Gasteiger charge is -2.39. The van der Waals surface area contributed by atoms with E-state index in [0.717, 1.165) is 13.1 Å². The molecule has 4 nitrogen and oxygen atoms in total. The van der Waals surface area contributed by atoms with E-state index >= 15 is 0 Å². The third kappa shape index (κ3) is 3.92. The Hall–Kier alpha value is -2.56. The summed E-state index contributed by atoms with van der Waals surface area (Å²) in [6.07, 6.45) is 1.64. The highest BCUT2D eigenvalue weighted by Crippen LogP contribution is 2.29. The van der Waals surface area contributed by atoms with E-state index < -0.39 is 0 Å². The van der Waals surface area contributed by atoms with E-state index in [0.29, 0.717) is 23.8 Å². The molecular weight excluding hydrogens is 358 g/mol. The molecule has 2 aromatic carbocycles. The van der Waals surface area contributed by atoms with Crippen LogP contribution in [-0.2, 0) is 0 Å². The minimum absolute atomic E-state index is 0.0116. The van der Waals surface area contributed by atoms with Gasteiger partial charge in [-0.25, -0.2) is 0 Å². The molecule has 138 valence electrons. The predicted octanol–water partition coefficient (Wildman–Crippen LogP) is 4.22. The third-order valence-electron chi connectivity index (χ3n) is 5.08. The second-order valence-corrected chi connectivity index (χ2v) is 7.22. The molecule has 0 radical (unpaired) electrons. The van der Waals surface area contributed by atoms with E-state index in [9.17, 15) is 4.79 Å². The fraction of sp³-hybridized carbons (Fsp3) is 0.227. The van der Waals surface area contributed by atoms with E-state index in [1.165, 1.54) is 11.1 Å². The molecule has 1 aliphatic rings. The van der Waals surface area contributed by atoms with Gasteiger partial charge in [0.2, 0.25) is 0 Å². The Morgan fingerprint density at radius 2 is 1.44 bits per heavy atom. The van der Waals surface area contributed by atoms with Gasteiger partial charge >= 0.3 is 0 Å². The first-order valence-corrected chi connectivity index (χ1v) is 9.57. The van der Waals surface area contributed by atoms with E-state index in [1.54, 1.807) is 12.3 Å². The molecule has 0 unspecified atom stereocenters. The van der Waals surface area contributed by atoms with Crippen LogP contribution in [0.2, 0.25) is 5.02 Å². The number of carbonyl (C=O) groups is 1. The lowest BCUT2D eigenvalue weighted by Crippen LogP contribution is -2.49. The Kier molecular flexibility index (Phi) is 5.28. The van der Waals surface area contributed by atoms with Crippen LogP contribution in [0.1, 0.15) is 27.7 Å². The van der Waals surface area contributed by atoms with Gasteiger partial charge in [-0.1, -0.05) is 72.3 Å². The van der Waals surface area contributed by atoms with Crippen LogP contribution < -0.4 is 0 Å². The van der Waals surface area contributed by atoms with Gasteiger partial charge in [0.05, 0.1) is 11.1 Å². The number of hydrogen-bond donors (Lipinski definition) is 1. The van der Waals surface area contributed by atoms with Crippen molar-refractivity contribution < 1.29 is 4.79 Å². The quantitative estimate of drug-likeness (QED) is 0.737. The first kappa shape index (κ1) is 17.8. The number of nitrogens with zero attached hydrogens (tertiary/aromatic N) is 2. The van der Waals surface area contributed by atoms with Gasteiger partial charge in [0, 0.05) is 32.4 Å². The average molecular weight is 380 g/mol. The highest BCUT2D eigenvalue weighted by molar-refractivity contribution is 6.30. The number of halogens is 1. The van der Waals surface area contributed by atoms with Gasteiger partial charge in [-0.3, -0.25) is 9.69 Å². The van der Waals surface area contributed by atoms with E-state index in [2.05, 4.69) is 58.4 Å². The van der Waals surface area contributed by atoms with Gasteiger partial charge in [0.25, 0.3) is 5.91 Å². The molecule has 3 aromatic rings. The lowest BCUT2D eigenvalue weighted by atomic mass is 9.96. The topological polar surface area (TPSA) is 39.3 Å². The van der Waals surface area contributed by atoms with Crippen molar-refractivity contribution >= 4 is 17.5 Å². The SMILES string of the molecule is O=C(c1cc(Cl)c[nH]1)N1CCN(C(c2ccccc2)c2ccccc2)CC1. The largest absolute Gasteiger partial charge is 0.356 e. The Morgan fingerprint density at radius 3 is 1.93 bits per heavy atom. The highest BCUT2D eigenvalue weighted by atomic mass is 35.5. The lowest BCUT2D eigenvalue weighted by molar-refractivity contribution is 0.0592. The van der Waals surface area contributed by atoms with Crippen LogP contribution in [0.3, 0.4) is 0 Å². The normalized spacial score (nSPS) is 15.3. The Balaban J connectivity index is 1.51. The molecule has 2 heterocycles. The standard InChI is InChI=1S/C22H22ClN3O/c23-19-15-20(24-16-19)22(27)26-13-11-25(12-14-26)21(17-7-3-1-4-8-17)18-9-5-2-6-10-18/h1-10,15-16,21,24H,11-14H2. The summed E-state index contributed by atoms with van der Waals surface area (Å²) >= 11 is 5.93. The van der Waals surface area contributed by atoms with Crippen LogP contribution in [0.15, 0.2) is 72.9 Å². The van der Waals surface area contributed by atoms with Crippen molar-refractivity contribution in [1.82, 2.24) is 14.8 Å². The van der Waals surface area contributed by atoms with Crippen molar-refractivity contribution in [1.29, 1.82) is 0 Å². The summed E-state index contributed by atoms with van der Waals surface area (Å²) in [6.45, 7) is 3.06. The maximum atomic E-state index is 12.6. The van der Waals surface area contributed by atoms with Crippen LogP contribution >= 0.6 is 11.6 Å². The maximum Gasteiger partial charge on any atom is 0.270 e. The smallest absolute Gasteiger partial charge is 0.270 e. The first-order chi connectivity index (χ1) is 13.2. The second kappa shape index (κ2) is 7.99. The molecule has 1 amide bonds. The number of aromatic amines is 1. The molecular formula is C22H22ClN3O. The van der Waals surface area contributed by atoms with Crippen molar-refractivity contribution in [2.75, 3.05) is 26.2 Å². The number of amides is 1. The van der Waals surface area contributed by atoms with Gasteiger partial charge in [-0.2, -0.15) is 0 Å². The zero-order valence-electron chi connectivity index (χ0n) is 15.0. The van der Waals surface area contributed by atoms with Gasteiger partial charge in [-0.05, 0) is 17.2 Å². The van der Waals surface area contributed by atoms with Gasteiger partial charge in [-0.15, -0.1) is 0 Å². The van der Waals surface area contributed by atoms with E-state index in [-0.39, 0.29) is 11.9 Å². The fourth-order valence-electron chi connectivity index (χ4n) is 3.73. The summed E-state index contributed by atoms with van der Waals surface area (Å²) in [4.78, 5) is 19.9. The summed E-state index contributed by atoms with van der Waals surface area (Å²) in [5.74, 6) is 0.0116. The summed E-state index contributed by atoms with van der Waals surface area (Å²) in [5.41, 5.74) is 3.11. The molecule has 4 rings (SSSR count). The van der Waals surface area contributed by atoms with Crippen LogP contribution in [0.25, 0.3) is 0 Å². The molecule has 1 aliphatic heterocycles. The van der Waals surface area contributed by atoms with Gasteiger partial charge in [0.1, 0.15) is 5.69 Å². The Morgan fingerprint density at radius 1 is 0.889 bits per heavy atom.